The summed E-state index contributed by atoms with van der Waals surface area (Å²) in [4.78, 5) is 27.9. The predicted octanol–water partition coefficient (Wildman–Crippen LogP) is 3.81. The number of nitrogens with zero attached hydrogens (tertiary/aromatic N) is 1. The minimum absolute atomic E-state index is 0.0536. The zero-order chi connectivity index (χ0) is 26.9. The first-order valence-corrected chi connectivity index (χ1v) is 14.7. The summed E-state index contributed by atoms with van der Waals surface area (Å²) in [6, 6.07) is 17.3. The molecule has 2 heterocycles. The maximum atomic E-state index is 13.6. The SMILES string of the molecule is Cc1ccccc1C(=O)Nc1ccc(S(=O)(=O)N[C@H]2CCN(C(=O)[C@@H]3CCCN3)[C@H](C)C2)c2ccccc12. The lowest BCUT2D eigenvalue weighted by molar-refractivity contribution is -0.136. The number of anilines is 1. The normalized spacial score (nSPS) is 21.9. The van der Waals surface area contributed by atoms with E-state index in [2.05, 4.69) is 15.4 Å². The first-order chi connectivity index (χ1) is 18.2. The van der Waals surface area contributed by atoms with E-state index < -0.39 is 10.0 Å². The van der Waals surface area contributed by atoms with Crippen LogP contribution in [0.25, 0.3) is 10.8 Å². The Morgan fingerprint density at radius 2 is 1.71 bits per heavy atom. The van der Waals surface area contributed by atoms with E-state index in [-0.39, 0.29) is 34.8 Å². The fraction of sp³-hybridized carbons (Fsp3) is 0.379. The van der Waals surface area contributed by atoms with Crippen LogP contribution >= 0.6 is 0 Å². The lowest BCUT2D eigenvalue weighted by atomic mass is 9.98. The van der Waals surface area contributed by atoms with E-state index in [0.717, 1.165) is 24.9 Å². The summed E-state index contributed by atoms with van der Waals surface area (Å²) in [5.41, 5.74) is 1.98. The van der Waals surface area contributed by atoms with E-state index in [1.807, 2.05) is 49.1 Å². The van der Waals surface area contributed by atoms with Crippen molar-refractivity contribution >= 4 is 38.3 Å². The molecule has 3 aromatic carbocycles. The van der Waals surface area contributed by atoms with Crippen molar-refractivity contribution < 1.29 is 18.0 Å². The van der Waals surface area contributed by atoms with Crippen LogP contribution in [0.4, 0.5) is 5.69 Å². The van der Waals surface area contributed by atoms with Gasteiger partial charge in [-0.15, -0.1) is 0 Å². The Morgan fingerprint density at radius 3 is 2.42 bits per heavy atom. The Kier molecular flexibility index (Phi) is 7.52. The Hall–Kier alpha value is -3.27. The molecule has 2 saturated heterocycles. The van der Waals surface area contributed by atoms with E-state index in [1.165, 1.54) is 0 Å². The maximum Gasteiger partial charge on any atom is 0.255 e. The third kappa shape index (κ3) is 5.32. The quantitative estimate of drug-likeness (QED) is 0.446. The Labute approximate surface area is 223 Å². The minimum atomic E-state index is -3.85. The fourth-order valence-corrected chi connectivity index (χ4v) is 7.11. The number of benzene rings is 3. The first kappa shape index (κ1) is 26.3. The molecule has 2 aliphatic heterocycles. The number of aryl methyl sites for hydroxylation is 1. The minimum Gasteiger partial charge on any atom is -0.339 e. The van der Waals surface area contributed by atoms with Crippen molar-refractivity contribution in [2.75, 3.05) is 18.4 Å². The number of carbonyl (C=O) groups is 2. The van der Waals surface area contributed by atoms with Crippen LogP contribution in [0.2, 0.25) is 0 Å². The molecule has 0 aromatic heterocycles. The molecule has 0 aliphatic carbocycles. The van der Waals surface area contributed by atoms with Gasteiger partial charge in [0.2, 0.25) is 15.9 Å². The highest BCUT2D eigenvalue weighted by molar-refractivity contribution is 7.89. The molecule has 2 fully saturated rings. The van der Waals surface area contributed by atoms with Crippen LogP contribution in [0.15, 0.2) is 65.6 Å². The highest BCUT2D eigenvalue weighted by atomic mass is 32.2. The molecule has 3 N–H and O–H groups in total. The number of nitrogens with one attached hydrogen (secondary N) is 3. The molecule has 0 unspecified atom stereocenters. The van der Waals surface area contributed by atoms with E-state index in [0.29, 0.717) is 41.4 Å². The van der Waals surface area contributed by atoms with E-state index in [4.69, 9.17) is 0 Å². The van der Waals surface area contributed by atoms with Gasteiger partial charge in [0.15, 0.2) is 0 Å². The smallest absolute Gasteiger partial charge is 0.255 e. The van der Waals surface area contributed by atoms with E-state index in [1.54, 1.807) is 30.3 Å². The van der Waals surface area contributed by atoms with Gasteiger partial charge in [0.05, 0.1) is 10.9 Å². The second-order valence-corrected chi connectivity index (χ2v) is 12.0. The van der Waals surface area contributed by atoms with Crippen molar-refractivity contribution in [1.29, 1.82) is 0 Å². The molecule has 38 heavy (non-hydrogen) atoms. The van der Waals surface area contributed by atoms with Gasteiger partial charge in [-0.2, -0.15) is 0 Å². The van der Waals surface area contributed by atoms with Crippen LogP contribution in [0.1, 0.15) is 48.5 Å². The number of rotatable bonds is 6. The lowest BCUT2D eigenvalue weighted by Gasteiger charge is -2.39. The molecular formula is C29H34N4O4S. The fourth-order valence-electron chi connectivity index (χ4n) is 5.62. The summed E-state index contributed by atoms with van der Waals surface area (Å²) in [6.07, 6.45) is 2.97. The highest BCUT2D eigenvalue weighted by Gasteiger charge is 2.35. The third-order valence-electron chi connectivity index (χ3n) is 7.65. The van der Waals surface area contributed by atoms with Crippen molar-refractivity contribution in [2.45, 2.75) is 62.6 Å². The van der Waals surface area contributed by atoms with Crippen LogP contribution in [-0.4, -0.2) is 56.3 Å². The molecule has 8 nitrogen and oxygen atoms in total. The average Bonchev–Trinajstić information content (AvgIpc) is 3.44. The van der Waals surface area contributed by atoms with Crippen LogP contribution in [-0.2, 0) is 14.8 Å². The molecule has 9 heteroatoms. The molecule has 0 bridgehead atoms. The summed E-state index contributed by atoms with van der Waals surface area (Å²) < 4.78 is 30.0. The van der Waals surface area contributed by atoms with Gasteiger partial charge in [-0.25, -0.2) is 13.1 Å². The van der Waals surface area contributed by atoms with Crippen molar-refractivity contribution in [3.05, 3.63) is 71.8 Å². The van der Waals surface area contributed by atoms with Crippen LogP contribution < -0.4 is 15.4 Å². The summed E-state index contributed by atoms with van der Waals surface area (Å²) in [5.74, 6) is -0.129. The highest BCUT2D eigenvalue weighted by Crippen LogP contribution is 2.31. The zero-order valence-electron chi connectivity index (χ0n) is 21.7. The molecule has 5 rings (SSSR count). The summed E-state index contributed by atoms with van der Waals surface area (Å²) in [5, 5.41) is 7.40. The standard InChI is InChI=1S/C29H34N4O4S/c1-19-8-3-4-9-22(19)28(34)31-25-13-14-27(24-11-6-5-10-23(24)25)38(36,37)32-21-15-17-33(20(2)18-21)29(35)26-12-7-16-30-26/h3-6,8-11,13-14,20-21,26,30,32H,7,12,15-18H2,1-2H3,(H,31,34)/t20-,21+,26+/m1/s1. The molecule has 3 aromatic rings. The molecule has 0 spiro atoms. The summed E-state index contributed by atoms with van der Waals surface area (Å²) >= 11 is 0. The van der Waals surface area contributed by atoms with Gasteiger partial charge in [-0.05, 0) is 69.8 Å². The van der Waals surface area contributed by atoms with Gasteiger partial charge >= 0.3 is 0 Å². The second kappa shape index (κ2) is 10.8. The molecule has 2 amide bonds. The number of sulfonamides is 1. The van der Waals surface area contributed by atoms with Gasteiger partial charge in [-0.3, -0.25) is 9.59 Å². The maximum absolute atomic E-state index is 13.6. The third-order valence-corrected chi connectivity index (χ3v) is 9.23. The largest absolute Gasteiger partial charge is 0.339 e. The predicted molar refractivity (Wildman–Crippen MR) is 149 cm³/mol. The number of piperidine rings is 1. The molecule has 2 aliphatic rings. The van der Waals surface area contributed by atoms with Crippen LogP contribution in [0.3, 0.4) is 0 Å². The number of likely N-dealkylation sites (tertiary alicyclic amines) is 1. The molecule has 0 radical (unpaired) electrons. The zero-order valence-corrected chi connectivity index (χ0v) is 22.6. The Balaban J connectivity index is 1.34. The molecular weight excluding hydrogens is 500 g/mol. The lowest BCUT2D eigenvalue weighted by Crippen LogP contribution is -2.54. The van der Waals surface area contributed by atoms with E-state index >= 15 is 0 Å². The molecule has 200 valence electrons. The Bertz CT molecular complexity index is 1470. The van der Waals surface area contributed by atoms with Gasteiger partial charge in [0, 0.05) is 40.7 Å². The van der Waals surface area contributed by atoms with Crippen LogP contribution in [0, 0.1) is 6.92 Å². The van der Waals surface area contributed by atoms with Crippen LogP contribution in [0.5, 0.6) is 0 Å². The summed E-state index contributed by atoms with van der Waals surface area (Å²) in [7, 11) is -3.85. The van der Waals surface area contributed by atoms with Crippen molar-refractivity contribution in [3.63, 3.8) is 0 Å². The number of fused-ring (bicyclic) bond motifs is 1. The van der Waals surface area contributed by atoms with Gasteiger partial charge in [0.1, 0.15) is 0 Å². The van der Waals surface area contributed by atoms with Gasteiger partial charge in [-0.1, -0.05) is 42.5 Å². The topological polar surface area (TPSA) is 108 Å². The molecule has 0 saturated carbocycles. The van der Waals surface area contributed by atoms with Crippen molar-refractivity contribution in [3.8, 4) is 0 Å². The Morgan fingerprint density at radius 1 is 0.974 bits per heavy atom. The monoisotopic (exact) mass is 534 g/mol. The molecule has 3 atom stereocenters. The first-order valence-electron chi connectivity index (χ1n) is 13.2. The number of hydrogen-bond donors (Lipinski definition) is 3. The number of carbonyl (C=O) groups excluding carboxylic acids is 2. The van der Waals surface area contributed by atoms with Crippen molar-refractivity contribution in [2.24, 2.45) is 0 Å². The average molecular weight is 535 g/mol. The number of amides is 2. The van der Waals surface area contributed by atoms with Gasteiger partial charge < -0.3 is 15.5 Å². The van der Waals surface area contributed by atoms with Crippen molar-refractivity contribution in [1.82, 2.24) is 14.9 Å². The van der Waals surface area contributed by atoms with Gasteiger partial charge in [0.25, 0.3) is 5.91 Å². The second-order valence-electron chi connectivity index (χ2n) is 10.3. The van der Waals surface area contributed by atoms with E-state index in [9.17, 15) is 18.0 Å². The number of hydrogen-bond acceptors (Lipinski definition) is 5. The summed E-state index contributed by atoms with van der Waals surface area (Å²) in [6.45, 7) is 5.25.